The van der Waals surface area contributed by atoms with Crippen LogP contribution >= 0.6 is 0 Å². The van der Waals surface area contributed by atoms with E-state index in [2.05, 4.69) is 9.88 Å². The summed E-state index contributed by atoms with van der Waals surface area (Å²) < 4.78 is 42.8. The Bertz CT molecular complexity index is 1550. The van der Waals surface area contributed by atoms with Crippen molar-refractivity contribution in [3.8, 4) is 5.69 Å². The normalized spacial score (nSPS) is 14.3. The number of halogens is 3. The van der Waals surface area contributed by atoms with Gasteiger partial charge in [0.1, 0.15) is 12.6 Å². The molecule has 0 spiro atoms. The van der Waals surface area contributed by atoms with Crippen LogP contribution in [0.15, 0.2) is 91.1 Å². The molecule has 41 heavy (non-hydrogen) atoms. The van der Waals surface area contributed by atoms with Gasteiger partial charge in [-0.05, 0) is 55.3 Å². The molecule has 1 aliphatic rings. The van der Waals surface area contributed by atoms with Crippen LogP contribution in [0.5, 0.6) is 0 Å². The summed E-state index contributed by atoms with van der Waals surface area (Å²) in [6, 6.07) is 23.0. The first kappa shape index (κ1) is 28.0. The maximum atomic E-state index is 14.2. The summed E-state index contributed by atoms with van der Waals surface area (Å²) in [5, 5.41) is 2.41. The number of carbonyl (C=O) groups is 2. The van der Waals surface area contributed by atoms with Crippen LogP contribution in [-0.4, -0.2) is 34.5 Å². The lowest BCUT2D eigenvalue weighted by atomic mass is 9.97. The van der Waals surface area contributed by atoms with Gasteiger partial charge in [0, 0.05) is 12.7 Å². The second-order valence-electron chi connectivity index (χ2n) is 10.1. The first-order valence-corrected chi connectivity index (χ1v) is 13.6. The fraction of sp³-hybridized carbons (Fsp3) is 0.250. The summed E-state index contributed by atoms with van der Waals surface area (Å²) in [4.78, 5) is 30.6. The number of hydrogen-bond acceptors (Lipinski definition) is 2. The van der Waals surface area contributed by atoms with Gasteiger partial charge in [0.2, 0.25) is 5.91 Å². The van der Waals surface area contributed by atoms with Crippen LogP contribution in [0, 0.1) is 6.92 Å². The number of aromatic nitrogens is 1. The molecule has 0 bridgehead atoms. The summed E-state index contributed by atoms with van der Waals surface area (Å²) in [5.74, 6) is -0.342. The number of rotatable bonds is 7. The van der Waals surface area contributed by atoms with E-state index in [1.54, 1.807) is 4.90 Å². The number of para-hydroxylation sites is 3. The molecule has 0 saturated heterocycles. The van der Waals surface area contributed by atoms with Crippen molar-refractivity contribution in [3.63, 3.8) is 0 Å². The number of aryl methyl sites for hydroxylation is 1. The average molecular weight is 561 g/mol. The number of alkyl halides is 3. The minimum atomic E-state index is -4.64. The van der Waals surface area contributed by atoms with E-state index in [4.69, 9.17) is 0 Å². The number of carbonyl (C=O) groups excluding carboxylic acids is 2. The molecule has 4 aromatic rings. The highest BCUT2D eigenvalue weighted by Gasteiger charge is 2.38. The van der Waals surface area contributed by atoms with Crippen molar-refractivity contribution in [2.75, 3.05) is 23.3 Å². The van der Waals surface area contributed by atoms with Gasteiger partial charge in [-0.25, -0.2) is 4.79 Å². The van der Waals surface area contributed by atoms with Gasteiger partial charge in [0.05, 0.1) is 28.3 Å². The Labute approximate surface area is 237 Å². The molecule has 5 rings (SSSR count). The van der Waals surface area contributed by atoms with Crippen molar-refractivity contribution in [1.82, 2.24) is 9.47 Å². The van der Waals surface area contributed by atoms with Crippen LogP contribution in [0.25, 0.3) is 5.69 Å². The number of anilines is 2. The Morgan fingerprint density at radius 3 is 2.29 bits per heavy atom. The highest BCUT2D eigenvalue weighted by atomic mass is 19.4. The third-order valence-corrected chi connectivity index (χ3v) is 7.25. The molecule has 3 amide bonds. The van der Waals surface area contributed by atoms with E-state index in [1.807, 2.05) is 80.7 Å². The van der Waals surface area contributed by atoms with Gasteiger partial charge in [-0.3, -0.25) is 9.69 Å². The molecule has 3 aromatic carbocycles. The van der Waals surface area contributed by atoms with Crippen LogP contribution in [-0.2, 0) is 11.0 Å². The van der Waals surface area contributed by atoms with Gasteiger partial charge in [0.25, 0.3) is 0 Å². The smallest absolute Gasteiger partial charge is 0.316 e. The number of benzene rings is 3. The molecule has 1 N–H and O–H groups in total. The van der Waals surface area contributed by atoms with E-state index in [-0.39, 0.29) is 24.7 Å². The lowest BCUT2D eigenvalue weighted by Gasteiger charge is -2.39. The molecule has 1 atom stereocenters. The minimum absolute atomic E-state index is 0.212. The zero-order valence-electron chi connectivity index (χ0n) is 22.9. The zero-order valence-corrected chi connectivity index (χ0v) is 22.9. The van der Waals surface area contributed by atoms with Gasteiger partial charge in [0.15, 0.2) is 0 Å². The van der Waals surface area contributed by atoms with Crippen LogP contribution in [0.2, 0.25) is 0 Å². The molecular formula is C32H31F3N4O2. The SMILES string of the molecule is CCCCN(CC(=O)N1c2ccccc2-n2cccc2C1c1ccc(C)cc1)C(=O)Nc1ccccc1C(F)(F)F. The van der Waals surface area contributed by atoms with Crippen LogP contribution in [0.1, 0.15) is 48.2 Å². The maximum absolute atomic E-state index is 14.2. The Hall–Kier alpha value is -4.53. The van der Waals surface area contributed by atoms with Gasteiger partial charge in [-0.2, -0.15) is 13.2 Å². The lowest BCUT2D eigenvalue weighted by molar-refractivity contribution is -0.137. The molecule has 0 aliphatic carbocycles. The largest absolute Gasteiger partial charge is 0.418 e. The average Bonchev–Trinajstić information content (AvgIpc) is 3.45. The summed E-state index contributed by atoms with van der Waals surface area (Å²) in [7, 11) is 0. The van der Waals surface area contributed by atoms with Gasteiger partial charge in [-0.1, -0.05) is 67.4 Å². The van der Waals surface area contributed by atoms with Crippen molar-refractivity contribution >= 4 is 23.3 Å². The first-order chi connectivity index (χ1) is 19.7. The summed E-state index contributed by atoms with van der Waals surface area (Å²) in [6.45, 7) is 3.84. The van der Waals surface area contributed by atoms with Crippen LogP contribution in [0.4, 0.5) is 29.3 Å². The van der Waals surface area contributed by atoms with E-state index in [1.165, 1.54) is 23.1 Å². The van der Waals surface area contributed by atoms with Crippen LogP contribution < -0.4 is 10.2 Å². The Morgan fingerprint density at radius 1 is 0.902 bits per heavy atom. The number of unbranched alkanes of at least 4 members (excludes halogenated alkanes) is 1. The first-order valence-electron chi connectivity index (χ1n) is 13.6. The standard InChI is InChI=1S/C32H31F3N4O2/c1-3-4-19-37(31(41)36-25-11-6-5-10-24(25)32(33,34)35)21-29(40)39-27-13-8-7-12-26(27)38-20-9-14-28(38)30(39)23-17-15-22(2)16-18-23/h5-18,20,30H,3-4,19,21H2,1-2H3,(H,36,41). The van der Waals surface area contributed by atoms with Gasteiger partial charge >= 0.3 is 12.2 Å². The summed E-state index contributed by atoms with van der Waals surface area (Å²) in [5.41, 5.74) is 3.10. The Kier molecular flexibility index (Phi) is 7.88. The van der Waals surface area contributed by atoms with Crippen LogP contribution in [0.3, 0.4) is 0 Å². The van der Waals surface area contributed by atoms with E-state index < -0.39 is 23.8 Å². The van der Waals surface area contributed by atoms with Crippen molar-refractivity contribution in [1.29, 1.82) is 0 Å². The molecule has 1 unspecified atom stereocenters. The van der Waals surface area contributed by atoms with Crippen molar-refractivity contribution in [3.05, 3.63) is 114 Å². The predicted molar refractivity (Wildman–Crippen MR) is 153 cm³/mol. The molecule has 0 saturated carbocycles. The molecule has 1 aromatic heterocycles. The molecule has 9 heteroatoms. The second-order valence-corrected chi connectivity index (χ2v) is 10.1. The van der Waals surface area contributed by atoms with E-state index in [0.29, 0.717) is 12.1 Å². The number of nitrogens with one attached hydrogen (secondary N) is 1. The molecule has 2 heterocycles. The number of nitrogens with zero attached hydrogens (tertiary/aromatic N) is 3. The zero-order chi connectivity index (χ0) is 29.1. The van der Waals surface area contributed by atoms with Gasteiger partial charge in [-0.15, -0.1) is 0 Å². The molecule has 1 aliphatic heterocycles. The van der Waals surface area contributed by atoms with E-state index in [0.717, 1.165) is 35.0 Å². The number of urea groups is 1. The highest BCUT2D eigenvalue weighted by Crippen LogP contribution is 2.42. The van der Waals surface area contributed by atoms with Crippen molar-refractivity contribution in [2.24, 2.45) is 0 Å². The van der Waals surface area contributed by atoms with Crippen molar-refractivity contribution in [2.45, 2.75) is 38.9 Å². The quantitative estimate of drug-likeness (QED) is 0.253. The Balaban J connectivity index is 1.50. The lowest BCUT2D eigenvalue weighted by Crippen LogP contribution is -2.48. The maximum Gasteiger partial charge on any atom is 0.418 e. The van der Waals surface area contributed by atoms with E-state index >= 15 is 0 Å². The molecule has 212 valence electrons. The third-order valence-electron chi connectivity index (χ3n) is 7.25. The predicted octanol–water partition coefficient (Wildman–Crippen LogP) is 7.57. The summed E-state index contributed by atoms with van der Waals surface area (Å²) >= 11 is 0. The van der Waals surface area contributed by atoms with Gasteiger partial charge < -0.3 is 14.8 Å². The monoisotopic (exact) mass is 560 g/mol. The molecule has 6 nitrogen and oxygen atoms in total. The fourth-order valence-electron chi connectivity index (χ4n) is 5.20. The van der Waals surface area contributed by atoms with Crippen molar-refractivity contribution < 1.29 is 22.8 Å². The summed E-state index contributed by atoms with van der Waals surface area (Å²) in [6.07, 6.45) is -1.36. The number of fused-ring (bicyclic) bond motifs is 3. The Morgan fingerprint density at radius 2 is 1.59 bits per heavy atom. The molecule has 0 radical (unpaired) electrons. The fourth-order valence-corrected chi connectivity index (χ4v) is 5.20. The van der Waals surface area contributed by atoms with E-state index in [9.17, 15) is 22.8 Å². The third kappa shape index (κ3) is 5.70. The topological polar surface area (TPSA) is 57.6 Å². The second kappa shape index (κ2) is 11.5. The minimum Gasteiger partial charge on any atom is -0.316 e. The molecule has 0 fully saturated rings. The number of amides is 3. The number of hydrogen-bond donors (Lipinski definition) is 1. The molecular weight excluding hydrogens is 529 g/mol. The highest BCUT2D eigenvalue weighted by molar-refractivity contribution is 6.01.